The van der Waals surface area contributed by atoms with Gasteiger partial charge in [-0.25, -0.2) is 4.98 Å². The third-order valence-electron chi connectivity index (χ3n) is 3.22. The van der Waals surface area contributed by atoms with E-state index in [1.807, 2.05) is 77.6 Å². The molecule has 0 spiro atoms. The first-order valence-electron chi connectivity index (χ1n) is 10.9. The summed E-state index contributed by atoms with van der Waals surface area (Å²) in [6.45, 7) is 17.4. The van der Waals surface area contributed by atoms with Crippen molar-refractivity contribution in [1.29, 1.82) is 0 Å². The highest BCUT2D eigenvalue weighted by atomic mass is 35.5. The lowest BCUT2D eigenvalue weighted by Crippen LogP contribution is -1.92. The van der Waals surface area contributed by atoms with Gasteiger partial charge in [-0.05, 0) is 50.3 Å². The number of carbonyl (C=O) groups is 1. The lowest BCUT2D eigenvalue weighted by molar-refractivity contribution is 0.0999. The van der Waals surface area contributed by atoms with Gasteiger partial charge in [0.15, 0.2) is 10.9 Å². The van der Waals surface area contributed by atoms with Crippen LogP contribution in [0.5, 0.6) is 0 Å². The van der Waals surface area contributed by atoms with E-state index < -0.39 is 0 Å². The van der Waals surface area contributed by atoms with Crippen molar-refractivity contribution in [3.8, 4) is 0 Å². The molecule has 0 saturated heterocycles. The van der Waals surface area contributed by atoms with Crippen molar-refractivity contribution >= 4 is 51.3 Å². The molecule has 1 N–H and O–H groups in total. The maximum atomic E-state index is 11.9. The van der Waals surface area contributed by atoms with Crippen LogP contribution in [0.25, 0.3) is 0 Å². The third kappa shape index (κ3) is 15.8. The van der Waals surface area contributed by atoms with E-state index in [2.05, 4.69) is 35.9 Å². The predicted octanol–water partition coefficient (Wildman–Crippen LogP) is 9.39. The molecule has 1 heterocycles. The number of hydrogen-bond donors (Lipinski definition) is 1. The zero-order chi connectivity index (χ0) is 24.1. The molecule has 0 aliphatic rings. The second-order valence-corrected chi connectivity index (χ2v) is 8.52. The van der Waals surface area contributed by atoms with Gasteiger partial charge in [0, 0.05) is 22.4 Å². The Morgan fingerprint density at radius 1 is 1.26 bits per heavy atom. The zero-order valence-corrected chi connectivity index (χ0v) is 22.5. The van der Waals surface area contributed by atoms with Crippen LogP contribution in [-0.4, -0.2) is 21.9 Å². The summed E-state index contributed by atoms with van der Waals surface area (Å²) < 4.78 is 0. The Morgan fingerprint density at radius 3 is 2.32 bits per heavy atom. The first kappa shape index (κ1) is 31.6. The number of thiazole rings is 1. The number of aromatic nitrogens is 1. The summed E-state index contributed by atoms with van der Waals surface area (Å²) in [5.41, 5.74) is 0.989. The van der Waals surface area contributed by atoms with Crippen molar-refractivity contribution in [2.24, 2.45) is 0 Å². The maximum absolute atomic E-state index is 11.9. The van der Waals surface area contributed by atoms with E-state index in [1.54, 1.807) is 12.3 Å². The molecule has 6 heteroatoms. The number of nitrogens with zero attached hydrogens (tertiary/aromatic N) is 1. The van der Waals surface area contributed by atoms with Gasteiger partial charge in [-0.3, -0.25) is 4.79 Å². The topological polar surface area (TPSA) is 42.0 Å². The van der Waals surface area contributed by atoms with Gasteiger partial charge < -0.3 is 5.32 Å². The van der Waals surface area contributed by atoms with Crippen molar-refractivity contribution < 1.29 is 4.79 Å². The second kappa shape index (κ2) is 21.7. The van der Waals surface area contributed by atoms with Crippen molar-refractivity contribution in [3.63, 3.8) is 0 Å². The number of alkyl halides is 1. The van der Waals surface area contributed by atoms with E-state index in [0.29, 0.717) is 11.3 Å². The van der Waals surface area contributed by atoms with Crippen LogP contribution in [0.1, 0.15) is 71.0 Å². The molecule has 0 saturated carbocycles. The minimum Gasteiger partial charge on any atom is -0.332 e. The third-order valence-corrected chi connectivity index (χ3v) is 5.57. The lowest BCUT2D eigenvalue weighted by atomic mass is 10.2. The van der Waals surface area contributed by atoms with E-state index in [4.69, 9.17) is 11.6 Å². The van der Waals surface area contributed by atoms with Gasteiger partial charge >= 0.3 is 0 Å². The minimum absolute atomic E-state index is 0.106. The van der Waals surface area contributed by atoms with Crippen LogP contribution in [0.4, 0.5) is 10.8 Å². The Bertz CT molecular complexity index is 725. The Balaban J connectivity index is 0. The lowest BCUT2D eigenvalue weighted by Gasteiger charge is -2.04. The molecular weight excluding hydrogens is 444 g/mol. The van der Waals surface area contributed by atoms with Crippen LogP contribution in [-0.2, 0) is 0 Å². The molecule has 31 heavy (non-hydrogen) atoms. The predicted molar refractivity (Wildman–Crippen MR) is 145 cm³/mol. The fourth-order valence-corrected chi connectivity index (χ4v) is 3.32. The van der Waals surface area contributed by atoms with Gasteiger partial charge in [-0.2, -0.15) is 0 Å². The van der Waals surface area contributed by atoms with Gasteiger partial charge in [0.2, 0.25) is 0 Å². The van der Waals surface area contributed by atoms with Crippen molar-refractivity contribution in [3.05, 3.63) is 60.1 Å². The van der Waals surface area contributed by atoms with Gasteiger partial charge in [0.25, 0.3) is 0 Å². The van der Waals surface area contributed by atoms with Crippen molar-refractivity contribution in [2.75, 3.05) is 11.1 Å². The molecule has 2 aromatic rings. The molecule has 0 bridgehead atoms. The first-order valence-corrected chi connectivity index (χ1v) is 13.1. The molecule has 1 atom stereocenters. The molecule has 3 nitrogen and oxygen atoms in total. The van der Waals surface area contributed by atoms with Crippen molar-refractivity contribution in [1.82, 2.24) is 4.98 Å². The number of allylic oxidation sites excluding steroid dienone is 3. The molecule has 0 amide bonds. The Hall–Kier alpha value is -1.56. The summed E-state index contributed by atoms with van der Waals surface area (Å²) in [4.78, 5) is 18.1. The Kier molecular flexibility index (Phi) is 22.1. The normalized spacial score (nSPS) is 10.5. The average molecular weight is 483 g/mol. The maximum Gasteiger partial charge on any atom is 0.187 e. The standard InChI is InChI=1S/C17H20N2OS2.C4H7Cl.2C2H6/c1-3-5-6-15(20)16-12-18-17(22-16)19-13-7-9-14(10-8-13)21-11-4-2;1-3-4(2)5;2*1-2/h3,5,7-10,12H,4,6,11H2,1-2H3,(H,18,19);3-4H,1H2,2H3;2*1-2H3/b5-3-;;;. The van der Waals surface area contributed by atoms with E-state index in [-0.39, 0.29) is 11.2 Å². The zero-order valence-electron chi connectivity index (χ0n) is 20.1. The number of benzene rings is 1. The fourth-order valence-electron chi connectivity index (χ4n) is 1.76. The summed E-state index contributed by atoms with van der Waals surface area (Å²) in [5.74, 6) is 1.24. The molecular formula is C25H39ClN2OS2. The van der Waals surface area contributed by atoms with E-state index in [0.717, 1.165) is 16.6 Å². The van der Waals surface area contributed by atoms with Gasteiger partial charge in [-0.1, -0.05) is 64.2 Å². The van der Waals surface area contributed by atoms with Crippen LogP contribution in [0.3, 0.4) is 0 Å². The van der Waals surface area contributed by atoms with Crippen LogP contribution in [0, 0.1) is 0 Å². The number of rotatable bonds is 9. The first-order chi connectivity index (χ1) is 15.0. The number of carbonyl (C=O) groups excluding carboxylic acids is 1. The molecule has 0 radical (unpaired) electrons. The van der Waals surface area contributed by atoms with Gasteiger partial charge in [0.05, 0.1) is 11.1 Å². The number of halogens is 1. The van der Waals surface area contributed by atoms with Crippen LogP contribution in [0.2, 0.25) is 0 Å². The summed E-state index contributed by atoms with van der Waals surface area (Å²) in [5, 5.41) is 4.11. The number of Topliss-reactive ketones (excluding diaryl/α,β-unsaturated/α-hetero) is 1. The molecule has 1 unspecified atom stereocenters. The number of thioether (sulfide) groups is 1. The second-order valence-electron chi connectivity index (χ2n) is 5.64. The largest absolute Gasteiger partial charge is 0.332 e. The highest BCUT2D eigenvalue weighted by molar-refractivity contribution is 7.99. The summed E-state index contributed by atoms with van der Waals surface area (Å²) in [7, 11) is 0. The molecule has 0 aliphatic heterocycles. The molecule has 1 aromatic heterocycles. The van der Waals surface area contributed by atoms with E-state index in [1.165, 1.54) is 22.7 Å². The SMILES string of the molecule is C/C=C\CC(=O)c1cnc(Nc2ccc(SCCC)cc2)s1.C=CC(C)Cl.CC.CC. The number of nitrogens with one attached hydrogen (secondary N) is 1. The highest BCUT2D eigenvalue weighted by Crippen LogP contribution is 2.26. The minimum atomic E-state index is 0.106. The van der Waals surface area contributed by atoms with Crippen LogP contribution < -0.4 is 5.32 Å². The average Bonchev–Trinajstić information content (AvgIpc) is 3.28. The summed E-state index contributed by atoms with van der Waals surface area (Å²) in [6.07, 6.45) is 8.68. The number of ketones is 1. The molecule has 0 aliphatic carbocycles. The van der Waals surface area contributed by atoms with Crippen LogP contribution in [0.15, 0.2) is 60.2 Å². The highest BCUT2D eigenvalue weighted by Gasteiger charge is 2.09. The molecule has 1 aromatic carbocycles. The Labute approximate surface area is 203 Å². The van der Waals surface area contributed by atoms with E-state index >= 15 is 0 Å². The molecule has 2 rings (SSSR count). The quantitative estimate of drug-likeness (QED) is 0.167. The molecule has 0 fully saturated rings. The molecule has 174 valence electrons. The smallest absolute Gasteiger partial charge is 0.187 e. The Morgan fingerprint density at radius 2 is 1.84 bits per heavy atom. The number of hydrogen-bond acceptors (Lipinski definition) is 5. The van der Waals surface area contributed by atoms with Crippen molar-refractivity contribution in [2.45, 2.75) is 71.6 Å². The van der Waals surface area contributed by atoms with Crippen LogP contribution >= 0.6 is 34.7 Å². The van der Waals surface area contributed by atoms with Gasteiger partial charge in [-0.15, -0.1) is 29.9 Å². The number of anilines is 2. The summed E-state index contributed by atoms with van der Waals surface area (Å²) in [6, 6.07) is 8.30. The summed E-state index contributed by atoms with van der Waals surface area (Å²) >= 11 is 8.60. The van der Waals surface area contributed by atoms with E-state index in [9.17, 15) is 4.79 Å². The monoisotopic (exact) mass is 482 g/mol. The van der Waals surface area contributed by atoms with Gasteiger partial charge in [0.1, 0.15) is 0 Å². The fraction of sp³-hybridized carbons (Fsp3) is 0.440.